The van der Waals surface area contributed by atoms with Crippen LogP contribution in [-0.4, -0.2) is 0 Å². The zero-order valence-electron chi connectivity index (χ0n) is 9.61. The molecule has 2 rings (SSSR count). The summed E-state index contributed by atoms with van der Waals surface area (Å²) in [6, 6.07) is 14.1. The molecule has 1 nitrogen and oxygen atoms in total. The van der Waals surface area contributed by atoms with Crippen molar-refractivity contribution in [2.45, 2.75) is 17.6 Å². The van der Waals surface area contributed by atoms with Crippen molar-refractivity contribution in [2.24, 2.45) is 0 Å². The molecule has 2 aromatic rings. The van der Waals surface area contributed by atoms with Crippen LogP contribution in [-0.2, 0) is 5.75 Å². The Balaban J connectivity index is 2.13. The number of thioether (sulfide) groups is 1. The van der Waals surface area contributed by atoms with Crippen molar-refractivity contribution in [1.82, 2.24) is 0 Å². The lowest BCUT2D eigenvalue weighted by Crippen LogP contribution is -1.93. The summed E-state index contributed by atoms with van der Waals surface area (Å²) in [4.78, 5) is 1.24. The first-order valence-corrected chi connectivity index (χ1v) is 6.75. The standard InChI is InChI=1S/C14H14ClNS/c1-10-4-2-5-11(8-10)17-9-12-13(15)6-3-7-14(12)16/h2-8H,9,16H2,1H3. The van der Waals surface area contributed by atoms with Crippen LogP contribution < -0.4 is 5.73 Å². The molecule has 17 heavy (non-hydrogen) atoms. The lowest BCUT2D eigenvalue weighted by molar-refractivity contribution is 1.34. The van der Waals surface area contributed by atoms with Crippen LogP contribution in [0.1, 0.15) is 11.1 Å². The molecule has 0 aromatic heterocycles. The van der Waals surface area contributed by atoms with Crippen LogP contribution >= 0.6 is 23.4 Å². The Bertz CT molecular complexity index is 505. The van der Waals surface area contributed by atoms with Crippen LogP contribution in [0.4, 0.5) is 5.69 Å². The number of nitrogens with two attached hydrogens (primary N) is 1. The number of hydrogen-bond acceptors (Lipinski definition) is 2. The average molecular weight is 264 g/mol. The van der Waals surface area contributed by atoms with Gasteiger partial charge in [0, 0.05) is 26.9 Å². The van der Waals surface area contributed by atoms with Crippen LogP contribution in [0.5, 0.6) is 0 Å². The second kappa shape index (κ2) is 5.48. The molecule has 0 radical (unpaired) electrons. The molecule has 0 aliphatic heterocycles. The van der Waals surface area contributed by atoms with Gasteiger partial charge in [0.1, 0.15) is 0 Å². The Morgan fingerprint density at radius 2 is 1.94 bits per heavy atom. The Morgan fingerprint density at radius 1 is 1.18 bits per heavy atom. The molecule has 0 aliphatic carbocycles. The fourth-order valence-corrected chi connectivity index (χ4v) is 2.99. The maximum atomic E-state index is 6.13. The maximum absolute atomic E-state index is 6.13. The summed E-state index contributed by atoms with van der Waals surface area (Å²) in [6.07, 6.45) is 0. The minimum atomic E-state index is 0.741. The Labute approximate surface area is 111 Å². The molecule has 0 fully saturated rings. The SMILES string of the molecule is Cc1cccc(SCc2c(N)cccc2Cl)c1. The van der Waals surface area contributed by atoms with Gasteiger partial charge in [0.2, 0.25) is 0 Å². The Morgan fingerprint density at radius 3 is 2.65 bits per heavy atom. The molecule has 2 aromatic carbocycles. The largest absolute Gasteiger partial charge is 0.398 e. The molecule has 2 N–H and O–H groups in total. The summed E-state index contributed by atoms with van der Waals surface area (Å²) in [5, 5.41) is 0.741. The molecule has 0 spiro atoms. The van der Waals surface area contributed by atoms with E-state index in [4.69, 9.17) is 17.3 Å². The molecule has 3 heteroatoms. The van der Waals surface area contributed by atoms with Gasteiger partial charge in [0.25, 0.3) is 0 Å². The molecule has 88 valence electrons. The predicted octanol–water partition coefficient (Wildman–Crippen LogP) is 4.52. The van der Waals surface area contributed by atoms with Crippen molar-refractivity contribution in [3.05, 3.63) is 58.6 Å². The van der Waals surface area contributed by atoms with Crippen molar-refractivity contribution in [2.75, 3.05) is 5.73 Å². The summed E-state index contributed by atoms with van der Waals surface area (Å²) >= 11 is 7.89. The second-order valence-electron chi connectivity index (χ2n) is 3.91. The second-order valence-corrected chi connectivity index (χ2v) is 5.37. The first-order valence-electron chi connectivity index (χ1n) is 5.39. The van der Waals surface area contributed by atoms with Gasteiger partial charge in [-0.15, -0.1) is 11.8 Å². The van der Waals surface area contributed by atoms with E-state index in [9.17, 15) is 0 Å². The van der Waals surface area contributed by atoms with E-state index in [1.165, 1.54) is 10.5 Å². The number of aryl methyl sites for hydroxylation is 1. The predicted molar refractivity (Wildman–Crippen MR) is 76.6 cm³/mol. The van der Waals surface area contributed by atoms with Crippen LogP contribution in [0.25, 0.3) is 0 Å². The van der Waals surface area contributed by atoms with Crippen molar-refractivity contribution >= 4 is 29.1 Å². The lowest BCUT2D eigenvalue weighted by atomic mass is 10.2. The van der Waals surface area contributed by atoms with Gasteiger partial charge in [-0.2, -0.15) is 0 Å². The summed E-state index contributed by atoms with van der Waals surface area (Å²) in [6.45, 7) is 2.09. The molecule has 0 saturated carbocycles. The molecule has 0 bridgehead atoms. The highest BCUT2D eigenvalue weighted by Crippen LogP contribution is 2.30. The summed E-state index contributed by atoms with van der Waals surface area (Å²) in [5.74, 6) is 0.801. The number of halogens is 1. The fourth-order valence-electron chi connectivity index (χ4n) is 1.59. The van der Waals surface area contributed by atoms with Crippen LogP contribution in [0.3, 0.4) is 0 Å². The molecule has 0 aliphatic rings. The highest BCUT2D eigenvalue weighted by molar-refractivity contribution is 7.98. The van der Waals surface area contributed by atoms with Gasteiger partial charge in [-0.25, -0.2) is 0 Å². The third-order valence-electron chi connectivity index (χ3n) is 2.53. The molecule has 0 amide bonds. The minimum absolute atomic E-state index is 0.741. The first kappa shape index (κ1) is 12.3. The molecule has 0 heterocycles. The minimum Gasteiger partial charge on any atom is -0.398 e. The van der Waals surface area contributed by atoms with Gasteiger partial charge in [-0.3, -0.25) is 0 Å². The molecule has 0 saturated heterocycles. The third kappa shape index (κ3) is 3.18. The molecule has 0 unspecified atom stereocenters. The monoisotopic (exact) mass is 263 g/mol. The topological polar surface area (TPSA) is 26.0 Å². The van der Waals surface area contributed by atoms with Crippen molar-refractivity contribution < 1.29 is 0 Å². The van der Waals surface area contributed by atoms with Crippen molar-refractivity contribution in [3.63, 3.8) is 0 Å². The number of benzene rings is 2. The van der Waals surface area contributed by atoms with Gasteiger partial charge < -0.3 is 5.73 Å². The third-order valence-corrected chi connectivity index (χ3v) is 3.90. The van der Waals surface area contributed by atoms with Crippen molar-refractivity contribution in [1.29, 1.82) is 0 Å². The summed E-state index contributed by atoms with van der Waals surface area (Å²) in [5.41, 5.74) is 8.96. The van der Waals surface area contributed by atoms with Gasteiger partial charge >= 0.3 is 0 Å². The smallest absolute Gasteiger partial charge is 0.0467 e. The van der Waals surface area contributed by atoms with E-state index in [1.54, 1.807) is 11.8 Å². The quantitative estimate of drug-likeness (QED) is 0.651. The van der Waals surface area contributed by atoms with Crippen LogP contribution in [0.15, 0.2) is 47.4 Å². The number of hydrogen-bond donors (Lipinski definition) is 1. The Hall–Kier alpha value is -1.12. The van der Waals surface area contributed by atoms with Gasteiger partial charge in [-0.05, 0) is 31.2 Å². The molecule has 0 atom stereocenters. The Kier molecular flexibility index (Phi) is 3.97. The van der Waals surface area contributed by atoms with E-state index in [1.807, 2.05) is 18.2 Å². The van der Waals surface area contributed by atoms with Crippen LogP contribution in [0.2, 0.25) is 5.02 Å². The normalized spacial score (nSPS) is 10.5. The highest BCUT2D eigenvalue weighted by Gasteiger charge is 2.05. The van der Waals surface area contributed by atoms with E-state index < -0.39 is 0 Å². The zero-order chi connectivity index (χ0) is 12.3. The van der Waals surface area contributed by atoms with E-state index in [2.05, 4.69) is 31.2 Å². The summed E-state index contributed by atoms with van der Waals surface area (Å²) < 4.78 is 0. The zero-order valence-corrected chi connectivity index (χ0v) is 11.2. The van der Waals surface area contributed by atoms with Crippen LogP contribution in [0, 0.1) is 6.92 Å². The van der Waals surface area contributed by atoms with Gasteiger partial charge in [0.05, 0.1) is 0 Å². The molecular weight excluding hydrogens is 250 g/mol. The van der Waals surface area contributed by atoms with Crippen molar-refractivity contribution in [3.8, 4) is 0 Å². The number of nitrogen functional groups attached to an aromatic ring is 1. The lowest BCUT2D eigenvalue weighted by Gasteiger charge is -2.08. The number of anilines is 1. The number of rotatable bonds is 3. The highest BCUT2D eigenvalue weighted by atomic mass is 35.5. The van der Waals surface area contributed by atoms with E-state index in [0.717, 1.165) is 22.0 Å². The van der Waals surface area contributed by atoms with E-state index in [0.29, 0.717) is 0 Å². The van der Waals surface area contributed by atoms with Gasteiger partial charge in [0.15, 0.2) is 0 Å². The van der Waals surface area contributed by atoms with E-state index >= 15 is 0 Å². The van der Waals surface area contributed by atoms with Gasteiger partial charge in [-0.1, -0.05) is 35.4 Å². The molecular formula is C14H14ClNS. The first-order chi connectivity index (χ1) is 8.16. The average Bonchev–Trinajstić information content (AvgIpc) is 2.28. The fraction of sp³-hybridized carbons (Fsp3) is 0.143. The summed E-state index contributed by atoms with van der Waals surface area (Å²) in [7, 11) is 0. The maximum Gasteiger partial charge on any atom is 0.0467 e. The van der Waals surface area contributed by atoms with E-state index in [-0.39, 0.29) is 0 Å².